The van der Waals surface area contributed by atoms with Gasteiger partial charge in [0.15, 0.2) is 0 Å². The summed E-state index contributed by atoms with van der Waals surface area (Å²) in [4.78, 5) is 34.6. The van der Waals surface area contributed by atoms with Gasteiger partial charge < -0.3 is 25.2 Å². The molecule has 2 atom stereocenters. The van der Waals surface area contributed by atoms with Crippen LogP contribution in [0.4, 0.5) is 4.79 Å². The Hall–Kier alpha value is -2.13. The van der Waals surface area contributed by atoms with Crippen LogP contribution in [0.5, 0.6) is 0 Å². The number of esters is 2. The number of rotatable bonds is 20. The number of carbonyl (C=O) groups is 3. The number of carbonyl (C=O) groups excluding carboxylic acids is 3. The maximum atomic E-state index is 11.7. The molecule has 0 aliphatic rings. The van der Waals surface area contributed by atoms with Gasteiger partial charge in [-0.3, -0.25) is 14.9 Å². The van der Waals surface area contributed by atoms with Crippen LogP contribution in [0.25, 0.3) is 0 Å². The lowest BCUT2D eigenvalue weighted by molar-refractivity contribution is -0.150. The Morgan fingerprint density at radius 2 is 1.45 bits per heavy atom. The molecule has 0 rings (SSSR count). The number of unbranched alkanes of at least 4 members (excludes halogenated alkanes) is 7. The molecule has 0 aromatic rings. The number of aliphatic hydroxyl groups is 1. The Bertz CT molecular complexity index is 556. The van der Waals surface area contributed by atoms with Crippen molar-refractivity contribution < 1.29 is 29.0 Å². The summed E-state index contributed by atoms with van der Waals surface area (Å²) in [5.41, 5.74) is 0. The van der Waals surface area contributed by atoms with Crippen molar-refractivity contribution in [1.29, 1.82) is 0 Å². The SMILES string of the molecule is CCCCNC(=O)NCCCCC=CCCCCCCC(O)NC(CC(=O)OC)C(=O)OC. The maximum Gasteiger partial charge on any atom is 0.323 e. The van der Waals surface area contributed by atoms with Gasteiger partial charge in [-0.05, 0) is 51.4 Å². The van der Waals surface area contributed by atoms with Gasteiger partial charge in [0.1, 0.15) is 12.3 Å². The lowest BCUT2D eigenvalue weighted by Crippen LogP contribution is -2.45. The summed E-state index contributed by atoms with van der Waals surface area (Å²) in [5.74, 6) is -1.14. The fraction of sp³-hybridized carbons (Fsp3) is 0.792. The van der Waals surface area contributed by atoms with Crippen molar-refractivity contribution in [2.75, 3.05) is 27.3 Å². The van der Waals surface area contributed by atoms with Crippen LogP contribution in [0.2, 0.25) is 0 Å². The topological polar surface area (TPSA) is 126 Å². The molecule has 4 N–H and O–H groups in total. The van der Waals surface area contributed by atoms with Crippen molar-refractivity contribution >= 4 is 18.0 Å². The Morgan fingerprint density at radius 1 is 0.848 bits per heavy atom. The number of urea groups is 1. The van der Waals surface area contributed by atoms with Crippen molar-refractivity contribution in [1.82, 2.24) is 16.0 Å². The third kappa shape index (κ3) is 19.1. The lowest BCUT2D eigenvalue weighted by atomic mass is 10.1. The van der Waals surface area contributed by atoms with E-state index in [0.717, 1.165) is 70.8 Å². The van der Waals surface area contributed by atoms with Crippen LogP contribution < -0.4 is 16.0 Å². The van der Waals surface area contributed by atoms with Gasteiger partial charge in [0.05, 0.1) is 20.6 Å². The standard InChI is InChI=1S/C24H45N3O6/c1-4-5-17-25-24(31)26-18-15-13-11-9-7-6-8-10-12-14-16-21(28)27-20(23(30)33-3)19-22(29)32-2/h7,9,20-21,27-28H,4-6,8,10-19H2,1-3H3,(H2,25,26,31). The van der Waals surface area contributed by atoms with E-state index in [0.29, 0.717) is 13.0 Å². The molecule has 0 fully saturated rings. The van der Waals surface area contributed by atoms with Gasteiger partial charge in [-0.1, -0.05) is 38.3 Å². The van der Waals surface area contributed by atoms with Crippen LogP contribution in [-0.2, 0) is 19.1 Å². The number of hydrogen-bond acceptors (Lipinski definition) is 7. The molecule has 9 heteroatoms. The predicted molar refractivity (Wildman–Crippen MR) is 129 cm³/mol. The van der Waals surface area contributed by atoms with Gasteiger partial charge in [0.2, 0.25) is 0 Å². The van der Waals surface area contributed by atoms with E-state index in [1.54, 1.807) is 0 Å². The monoisotopic (exact) mass is 471 g/mol. The molecule has 0 saturated heterocycles. The zero-order chi connectivity index (χ0) is 24.7. The van der Waals surface area contributed by atoms with Gasteiger partial charge >= 0.3 is 18.0 Å². The lowest BCUT2D eigenvalue weighted by Gasteiger charge is -2.19. The molecule has 0 heterocycles. The summed E-state index contributed by atoms with van der Waals surface area (Å²) in [6.45, 7) is 3.53. The van der Waals surface area contributed by atoms with Gasteiger partial charge in [0.25, 0.3) is 0 Å². The molecular formula is C24H45N3O6. The van der Waals surface area contributed by atoms with Crippen LogP contribution >= 0.6 is 0 Å². The smallest absolute Gasteiger partial charge is 0.323 e. The molecule has 0 spiro atoms. The predicted octanol–water partition coefficient (Wildman–Crippen LogP) is 3.17. The summed E-state index contributed by atoms with van der Waals surface area (Å²) in [5, 5.41) is 18.5. The quantitative estimate of drug-likeness (QED) is 0.0930. The third-order valence-corrected chi connectivity index (χ3v) is 5.14. The van der Waals surface area contributed by atoms with Crippen LogP contribution in [-0.4, -0.2) is 62.7 Å². The first-order valence-electron chi connectivity index (χ1n) is 12.2. The minimum Gasteiger partial charge on any atom is -0.469 e. The highest BCUT2D eigenvalue weighted by molar-refractivity contribution is 5.82. The van der Waals surface area contributed by atoms with Gasteiger partial charge in [-0.25, -0.2) is 4.79 Å². The van der Waals surface area contributed by atoms with E-state index in [4.69, 9.17) is 0 Å². The van der Waals surface area contributed by atoms with Gasteiger partial charge in [0, 0.05) is 13.1 Å². The molecule has 0 radical (unpaired) electrons. The number of ether oxygens (including phenoxy) is 2. The maximum absolute atomic E-state index is 11.7. The Labute approximate surface area is 199 Å². The van der Waals surface area contributed by atoms with Crippen molar-refractivity contribution in [3.63, 3.8) is 0 Å². The molecule has 2 unspecified atom stereocenters. The summed E-state index contributed by atoms with van der Waals surface area (Å²) in [6, 6.07) is -0.993. The van der Waals surface area contributed by atoms with Crippen molar-refractivity contribution in [2.45, 2.75) is 96.2 Å². The molecular weight excluding hydrogens is 426 g/mol. The zero-order valence-electron chi connectivity index (χ0n) is 20.7. The van der Waals surface area contributed by atoms with Crippen molar-refractivity contribution in [3.8, 4) is 0 Å². The fourth-order valence-corrected chi connectivity index (χ4v) is 3.14. The zero-order valence-corrected chi connectivity index (χ0v) is 20.7. The van der Waals surface area contributed by atoms with Crippen LogP contribution in [0.3, 0.4) is 0 Å². The van der Waals surface area contributed by atoms with E-state index < -0.39 is 24.2 Å². The number of hydrogen-bond donors (Lipinski definition) is 4. The molecule has 0 aliphatic carbocycles. The Balaban J connectivity index is 3.66. The summed E-state index contributed by atoms with van der Waals surface area (Å²) >= 11 is 0. The number of nitrogens with one attached hydrogen (secondary N) is 3. The third-order valence-electron chi connectivity index (χ3n) is 5.14. The number of aliphatic hydroxyl groups excluding tert-OH is 1. The van der Waals surface area contributed by atoms with E-state index in [9.17, 15) is 19.5 Å². The van der Waals surface area contributed by atoms with E-state index in [2.05, 4.69) is 44.5 Å². The highest BCUT2D eigenvalue weighted by Gasteiger charge is 2.25. The summed E-state index contributed by atoms with van der Waals surface area (Å²) in [7, 11) is 2.49. The molecule has 2 amide bonds. The van der Waals surface area contributed by atoms with E-state index >= 15 is 0 Å². The average Bonchev–Trinajstić information content (AvgIpc) is 2.81. The molecule has 0 bridgehead atoms. The molecule has 0 saturated carbocycles. The molecule has 9 nitrogen and oxygen atoms in total. The van der Waals surface area contributed by atoms with Crippen LogP contribution in [0.15, 0.2) is 12.2 Å². The first-order chi connectivity index (χ1) is 15.9. The van der Waals surface area contributed by atoms with E-state index in [1.807, 2.05) is 0 Å². The number of allylic oxidation sites excluding steroid dienone is 2. The van der Waals surface area contributed by atoms with Crippen LogP contribution in [0, 0.1) is 0 Å². The second-order valence-electron chi connectivity index (χ2n) is 8.03. The van der Waals surface area contributed by atoms with Crippen molar-refractivity contribution in [2.24, 2.45) is 0 Å². The van der Waals surface area contributed by atoms with E-state index in [-0.39, 0.29) is 12.5 Å². The minimum absolute atomic E-state index is 0.0771. The Morgan fingerprint density at radius 3 is 2.06 bits per heavy atom. The average molecular weight is 472 g/mol. The van der Waals surface area contributed by atoms with E-state index in [1.165, 1.54) is 14.2 Å². The molecule has 33 heavy (non-hydrogen) atoms. The molecule has 0 aliphatic heterocycles. The van der Waals surface area contributed by atoms with Crippen LogP contribution in [0.1, 0.15) is 84.0 Å². The van der Waals surface area contributed by atoms with Gasteiger partial charge in [-0.15, -0.1) is 0 Å². The van der Waals surface area contributed by atoms with Crippen molar-refractivity contribution in [3.05, 3.63) is 12.2 Å². The minimum atomic E-state index is -0.915. The second kappa shape index (κ2) is 21.7. The second-order valence-corrected chi connectivity index (χ2v) is 8.03. The highest BCUT2D eigenvalue weighted by atomic mass is 16.5. The Kier molecular flexibility index (Phi) is 20.3. The number of amides is 2. The largest absolute Gasteiger partial charge is 0.469 e. The fourth-order valence-electron chi connectivity index (χ4n) is 3.14. The molecule has 0 aromatic carbocycles. The normalized spacial score (nSPS) is 12.8. The summed E-state index contributed by atoms with van der Waals surface area (Å²) < 4.78 is 9.22. The first-order valence-corrected chi connectivity index (χ1v) is 12.2. The van der Waals surface area contributed by atoms with Gasteiger partial charge in [-0.2, -0.15) is 0 Å². The molecule has 192 valence electrons. The number of methoxy groups -OCH3 is 2. The first kappa shape index (κ1) is 30.9. The summed E-state index contributed by atoms with van der Waals surface area (Å²) in [6.07, 6.45) is 14.0. The molecule has 0 aromatic heterocycles. The highest BCUT2D eigenvalue weighted by Crippen LogP contribution is 2.09.